The highest BCUT2D eigenvalue weighted by Gasteiger charge is 2.35. The fraction of sp³-hybridized carbons (Fsp3) is 0.227. The molecular formula is C22H19Cl2NO4S. The number of carbonyl (C=O) groups is 1. The van der Waals surface area contributed by atoms with E-state index in [0.29, 0.717) is 16.5 Å². The van der Waals surface area contributed by atoms with Crippen molar-refractivity contribution in [3.05, 3.63) is 82.2 Å². The molecule has 1 amide bonds. The van der Waals surface area contributed by atoms with Gasteiger partial charge in [-0.1, -0.05) is 53.5 Å². The number of hydrogen-bond acceptors (Lipinski definition) is 4. The van der Waals surface area contributed by atoms with Crippen molar-refractivity contribution in [3.8, 4) is 11.1 Å². The SMILES string of the molecule is O=C(c1ccco1)N(Cc1ccc(-c2ccc(Cl)cc2Cl)cc1)C1CCS(=O)(=O)C1. The molecule has 3 aromatic rings. The van der Waals surface area contributed by atoms with Gasteiger partial charge in [0, 0.05) is 28.2 Å². The Bertz CT molecular complexity index is 1160. The van der Waals surface area contributed by atoms with E-state index in [-0.39, 0.29) is 35.8 Å². The lowest BCUT2D eigenvalue weighted by atomic mass is 10.0. The van der Waals surface area contributed by atoms with E-state index in [4.69, 9.17) is 27.6 Å². The van der Waals surface area contributed by atoms with Crippen molar-refractivity contribution in [2.45, 2.75) is 19.0 Å². The van der Waals surface area contributed by atoms with Crippen LogP contribution in [0.4, 0.5) is 0 Å². The van der Waals surface area contributed by atoms with Gasteiger partial charge >= 0.3 is 0 Å². The van der Waals surface area contributed by atoms with E-state index < -0.39 is 9.84 Å². The molecule has 5 nitrogen and oxygen atoms in total. The van der Waals surface area contributed by atoms with Crippen LogP contribution in [0.3, 0.4) is 0 Å². The zero-order valence-corrected chi connectivity index (χ0v) is 18.3. The summed E-state index contributed by atoms with van der Waals surface area (Å²) < 4.78 is 29.2. The van der Waals surface area contributed by atoms with Crippen LogP contribution in [0.25, 0.3) is 11.1 Å². The molecule has 4 rings (SSSR count). The van der Waals surface area contributed by atoms with E-state index in [0.717, 1.165) is 16.7 Å². The normalized spacial score (nSPS) is 17.7. The molecule has 1 saturated heterocycles. The number of furan rings is 1. The Kier molecular flexibility index (Phi) is 5.91. The molecule has 0 spiro atoms. The molecule has 0 N–H and O–H groups in total. The number of hydrogen-bond donors (Lipinski definition) is 0. The van der Waals surface area contributed by atoms with Crippen LogP contribution in [0.2, 0.25) is 10.0 Å². The molecular weight excluding hydrogens is 445 g/mol. The molecule has 8 heteroatoms. The molecule has 30 heavy (non-hydrogen) atoms. The fourth-order valence-corrected chi connectivity index (χ4v) is 5.89. The van der Waals surface area contributed by atoms with Crippen molar-refractivity contribution in [2.75, 3.05) is 11.5 Å². The average Bonchev–Trinajstić information content (AvgIpc) is 3.36. The minimum atomic E-state index is -3.14. The third kappa shape index (κ3) is 4.56. The van der Waals surface area contributed by atoms with E-state index in [9.17, 15) is 13.2 Å². The van der Waals surface area contributed by atoms with Gasteiger partial charge in [-0.3, -0.25) is 4.79 Å². The Balaban J connectivity index is 1.59. The predicted molar refractivity (Wildman–Crippen MR) is 118 cm³/mol. The summed E-state index contributed by atoms with van der Waals surface area (Å²) in [4.78, 5) is 14.6. The van der Waals surface area contributed by atoms with Crippen LogP contribution in [-0.2, 0) is 16.4 Å². The summed E-state index contributed by atoms with van der Waals surface area (Å²) in [6.45, 7) is 0.286. The van der Waals surface area contributed by atoms with Gasteiger partial charge in [0.2, 0.25) is 0 Å². The third-order valence-electron chi connectivity index (χ3n) is 5.19. The Morgan fingerprint density at radius 1 is 1.10 bits per heavy atom. The standard InChI is InChI=1S/C22H19Cl2NO4S/c23-17-7-8-19(20(24)12-17)16-5-3-15(4-6-16)13-25(18-9-11-30(27,28)14-18)22(26)21-2-1-10-29-21/h1-8,10,12,18H,9,11,13-14H2. The van der Waals surface area contributed by atoms with Crippen molar-refractivity contribution in [1.82, 2.24) is 4.90 Å². The first kappa shape index (κ1) is 21.0. The first-order valence-electron chi connectivity index (χ1n) is 9.42. The largest absolute Gasteiger partial charge is 0.459 e. The van der Waals surface area contributed by atoms with Crippen LogP contribution in [0.5, 0.6) is 0 Å². The minimum Gasteiger partial charge on any atom is -0.459 e. The van der Waals surface area contributed by atoms with Crippen LogP contribution in [0, 0.1) is 0 Å². The average molecular weight is 464 g/mol. The highest BCUT2D eigenvalue weighted by atomic mass is 35.5. The van der Waals surface area contributed by atoms with Crippen molar-refractivity contribution < 1.29 is 17.6 Å². The van der Waals surface area contributed by atoms with E-state index in [2.05, 4.69) is 0 Å². The molecule has 2 heterocycles. The van der Waals surface area contributed by atoms with Gasteiger partial charge in [0.1, 0.15) is 0 Å². The molecule has 0 saturated carbocycles. The summed E-state index contributed by atoms with van der Waals surface area (Å²) in [5.74, 6) is -0.0540. The smallest absolute Gasteiger partial charge is 0.290 e. The molecule has 0 radical (unpaired) electrons. The van der Waals surface area contributed by atoms with Crippen molar-refractivity contribution in [3.63, 3.8) is 0 Å². The number of sulfone groups is 1. The lowest BCUT2D eigenvalue weighted by Gasteiger charge is -2.27. The Hall–Kier alpha value is -2.28. The van der Waals surface area contributed by atoms with Crippen molar-refractivity contribution >= 4 is 38.9 Å². The van der Waals surface area contributed by atoms with Gasteiger partial charge in [-0.2, -0.15) is 0 Å². The first-order chi connectivity index (χ1) is 14.3. The van der Waals surface area contributed by atoms with Gasteiger partial charge in [0.25, 0.3) is 5.91 Å². The first-order valence-corrected chi connectivity index (χ1v) is 12.0. The fourth-order valence-electron chi connectivity index (χ4n) is 3.64. The number of nitrogens with zero attached hydrogens (tertiary/aromatic N) is 1. The lowest BCUT2D eigenvalue weighted by Crippen LogP contribution is -2.40. The maximum absolute atomic E-state index is 13.0. The van der Waals surface area contributed by atoms with Crippen LogP contribution < -0.4 is 0 Å². The van der Waals surface area contributed by atoms with Crippen LogP contribution in [0.1, 0.15) is 22.5 Å². The number of rotatable bonds is 5. The van der Waals surface area contributed by atoms with Crippen molar-refractivity contribution in [1.29, 1.82) is 0 Å². The Labute approximate surface area is 185 Å². The summed E-state index contributed by atoms with van der Waals surface area (Å²) in [6.07, 6.45) is 1.86. The van der Waals surface area contributed by atoms with Gasteiger partial charge < -0.3 is 9.32 Å². The maximum Gasteiger partial charge on any atom is 0.290 e. The van der Waals surface area contributed by atoms with Crippen LogP contribution >= 0.6 is 23.2 Å². The zero-order chi connectivity index (χ0) is 21.3. The Morgan fingerprint density at radius 2 is 1.87 bits per heavy atom. The predicted octanol–water partition coefficient (Wildman–Crippen LogP) is 5.08. The van der Waals surface area contributed by atoms with E-state index >= 15 is 0 Å². The molecule has 1 atom stereocenters. The quantitative estimate of drug-likeness (QED) is 0.528. The molecule has 0 aliphatic carbocycles. The van der Waals surface area contributed by atoms with E-state index in [1.165, 1.54) is 6.26 Å². The van der Waals surface area contributed by atoms with E-state index in [1.54, 1.807) is 29.2 Å². The molecule has 0 bridgehead atoms. The third-order valence-corrected chi connectivity index (χ3v) is 7.49. The molecule has 1 aliphatic rings. The number of halogens is 2. The Morgan fingerprint density at radius 3 is 2.47 bits per heavy atom. The molecule has 1 fully saturated rings. The second-order valence-corrected chi connectivity index (χ2v) is 10.4. The molecule has 1 unspecified atom stereocenters. The van der Waals surface area contributed by atoms with Gasteiger partial charge in [-0.25, -0.2) is 8.42 Å². The molecule has 1 aromatic heterocycles. The molecule has 1 aliphatic heterocycles. The van der Waals surface area contributed by atoms with Gasteiger partial charge in [-0.05, 0) is 41.8 Å². The summed E-state index contributed by atoms with van der Waals surface area (Å²) >= 11 is 12.3. The molecule has 2 aromatic carbocycles. The van der Waals surface area contributed by atoms with Crippen molar-refractivity contribution in [2.24, 2.45) is 0 Å². The maximum atomic E-state index is 13.0. The second-order valence-electron chi connectivity index (χ2n) is 7.29. The lowest BCUT2D eigenvalue weighted by molar-refractivity contribution is 0.0648. The van der Waals surface area contributed by atoms with Gasteiger partial charge in [-0.15, -0.1) is 0 Å². The van der Waals surface area contributed by atoms with Gasteiger partial charge in [0.05, 0.1) is 17.8 Å². The number of carbonyl (C=O) groups excluding carboxylic acids is 1. The highest BCUT2D eigenvalue weighted by molar-refractivity contribution is 7.91. The van der Waals surface area contributed by atoms with Gasteiger partial charge in [0.15, 0.2) is 15.6 Å². The molecule has 156 valence electrons. The summed E-state index contributed by atoms with van der Waals surface area (Å²) in [5, 5.41) is 1.13. The zero-order valence-electron chi connectivity index (χ0n) is 15.9. The summed E-state index contributed by atoms with van der Waals surface area (Å²) in [6, 6.07) is 15.8. The number of amides is 1. The topological polar surface area (TPSA) is 67.6 Å². The minimum absolute atomic E-state index is 0.0298. The monoisotopic (exact) mass is 463 g/mol. The second kappa shape index (κ2) is 8.46. The summed E-state index contributed by atoms with van der Waals surface area (Å²) in [7, 11) is -3.14. The highest BCUT2D eigenvalue weighted by Crippen LogP contribution is 2.31. The van der Waals surface area contributed by atoms with E-state index in [1.807, 2.05) is 30.3 Å². The van der Waals surface area contributed by atoms with Crippen LogP contribution in [0.15, 0.2) is 65.3 Å². The number of benzene rings is 2. The van der Waals surface area contributed by atoms with Crippen LogP contribution in [-0.4, -0.2) is 36.8 Å². The summed E-state index contributed by atoms with van der Waals surface area (Å²) in [5.41, 5.74) is 2.67.